The number of amides is 1. The zero-order chi connectivity index (χ0) is 15.5. The molecule has 1 fully saturated rings. The van der Waals surface area contributed by atoms with Crippen LogP contribution in [0.5, 0.6) is 0 Å². The van der Waals surface area contributed by atoms with Gasteiger partial charge in [-0.3, -0.25) is 4.79 Å². The highest BCUT2D eigenvalue weighted by Gasteiger charge is 2.22. The summed E-state index contributed by atoms with van der Waals surface area (Å²) in [6.45, 7) is 7.05. The Kier molecular flexibility index (Phi) is 4.42. The SMILES string of the molecule is Cc1noc(C)c1CCC(=O)N1CCN(c2nccs2)CC1. The van der Waals surface area contributed by atoms with Crippen molar-refractivity contribution in [2.45, 2.75) is 26.7 Å². The Morgan fingerprint density at radius 2 is 2.09 bits per heavy atom. The molecule has 2 aromatic heterocycles. The monoisotopic (exact) mass is 320 g/mol. The van der Waals surface area contributed by atoms with Crippen molar-refractivity contribution in [3.05, 3.63) is 28.6 Å². The predicted molar refractivity (Wildman–Crippen MR) is 85.2 cm³/mol. The van der Waals surface area contributed by atoms with Gasteiger partial charge in [-0.1, -0.05) is 5.16 Å². The standard InChI is InChI=1S/C15H20N4O2S/c1-11-13(12(2)21-17-11)3-4-14(20)18-6-8-19(9-7-18)15-16-5-10-22-15/h5,10H,3-4,6-9H2,1-2H3. The van der Waals surface area contributed by atoms with Gasteiger partial charge in [0.05, 0.1) is 5.69 Å². The number of hydrogen-bond acceptors (Lipinski definition) is 6. The summed E-state index contributed by atoms with van der Waals surface area (Å²) in [4.78, 5) is 20.9. The van der Waals surface area contributed by atoms with Gasteiger partial charge in [0, 0.05) is 49.7 Å². The van der Waals surface area contributed by atoms with E-state index in [4.69, 9.17) is 4.52 Å². The van der Waals surface area contributed by atoms with E-state index in [0.29, 0.717) is 12.8 Å². The molecule has 0 aromatic carbocycles. The molecule has 3 rings (SSSR count). The Balaban J connectivity index is 1.50. The highest BCUT2D eigenvalue weighted by molar-refractivity contribution is 7.13. The Hall–Kier alpha value is -1.89. The van der Waals surface area contributed by atoms with E-state index < -0.39 is 0 Å². The third kappa shape index (κ3) is 3.14. The lowest BCUT2D eigenvalue weighted by molar-refractivity contribution is -0.131. The molecule has 3 heterocycles. The van der Waals surface area contributed by atoms with Crippen molar-refractivity contribution in [2.75, 3.05) is 31.1 Å². The minimum atomic E-state index is 0.207. The normalized spacial score (nSPS) is 15.4. The second-order valence-corrected chi connectivity index (χ2v) is 6.36. The second kappa shape index (κ2) is 6.48. The molecule has 1 saturated heterocycles. The molecule has 0 aliphatic carbocycles. The van der Waals surface area contributed by atoms with Gasteiger partial charge in [0.25, 0.3) is 0 Å². The largest absolute Gasteiger partial charge is 0.361 e. The van der Waals surface area contributed by atoms with E-state index in [1.165, 1.54) is 0 Å². The highest BCUT2D eigenvalue weighted by Crippen LogP contribution is 2.20. The summed E-state index contributed by atoms with van der Waals surface area (Å²) < 4.78 is 5.14. The fraction of sp³-hybridized carbons (Fsp3) is 0.533. The maximum atomic E-state index is 12.4. The van der Waals surface area contributed by atoms with Crippen molar-refractivity contribution in [1.82, 2.24) is 15.0 Å². The summed E-state index contributed by atoms with van der Waals surface area (Å²) in [6.07, 6.45) is 3.04. The zero-order valence-corrected chi connectivity index (χ0v) is 13.7. The molecule has 0 unspecified atom stereocenters. The summed E-state index contributed by atoms with van der Waals surface area (Å²) in [5.74, 6) is 1.03. The number of piperazine rings is 1. The van der Waals surface area contributed by atoms with Crippen LogP contribution in [0, 0.1) is 13.8 Å². The van der Waals surface area contributed by atoms with Crippen molar-refractivity contribution in [3.63, 3.8) is 0 Å². The number of thiazole rings is 1. The first-order chi connectivity index (χ1) is 10.6. The van der Waals surface area contributed by atoms with Crippen molar-refractivity contribution in [2.24, 2.45) is 0 Å². The van der Waals surface area contributed by atoms with Gasteiger partial charge in [-0.15, -0.1) is 11.3 Å². The molecule has 1 aliphatic rings. The molecule has 1 aliphatic heterocycles. The Labute approximate surface area is 133 Å². The quantitative estimate of drug-likeness (QED) is 0.862. The van der Waals surface area contributed by atoms with E-state index in [0.717, 1.165) is 48.3 Å². The van der Waals surface area contributed by atoms with Crippen LogP contribution >= 0.6 is 11.3 Å². The third-order valence-corrected chi connectivity index (χ3v) is 4.92. The smallest absolute Gasteiger partial charge is 0.223 e. The number of nitrogens with zero attached hydrogens (tertiary/aromatic N) is 4. The van der Waals surface area contributed by atoms with Gasteiger partial charge in [0.1, 0.15) is 5.76 Å². The number of carbonyl (C=O) groups excluding carboxylic acids is 1. The highest BCUT2D eigenvalue weighted by atomic mass is 32.1. The first-order valence-corrected chi connectivity index (χ1v) is 8.37. The molecule has 0 spiro atoms. The number of aromatic nitrogens is 2. The molecule has 7 heteroatoms. The minimum absolute atomic E-state index is 0.207. The zero-order valence-electron chi connectivity index (χ0n) is 12.9. The van der Waals surface area contributed by atoms with Crippen LogP contribution in [0.1, 0.15) is 23.4 Å². The van der Waals surface area contributed by atoms with Crippen molar-refractivity contribution < 1.29 is 9.32 Å². The van der Waals surface area contributed by atoms with Gasteiger partial charge in [-0.2, -0.15) is 0 Å². The average Bonchev–Trinajstić information content (AvgIpc) is 3.17. The lowest BCUT2D eigenvalue weighted by Crippen LogP contribution is -2.48. The summed E-state index contributed by atoms with van der Waals surface area (Å²) in [5, 5.41) is 6.96. The maximum Gasteiger partial charge on any atom is 0.223 e. The van der Waals surface area contributed by atoms with Gasteiger partial charge >= 0.3 is 0 Å². The minimum Gasteiger partial charge on any atom is -0.361 e. The van der Waals surface area contributed by atoms with E-state index in [2.05, 4.69) is 15.0 Å². The van der Waals surface area contributed by atoms with E-state index in [9.17, 15) is 4.79 Å². The molecule has 0 radical (unpaired) electrons. The predicted octanol–water partition coefficient (Wildman–Crippen LogP) is 2.03. The van der Waals surface area contributed by atoms with Crippen LogP contribution in [0.2, 0.25) is 0 Å². The average molecular weight is 320 g/mol. The van der Waals surface area contributed by atoms with Crippen LogP contribution < -0.4 is 4.90 Å². The maximum absolute atomic E-state index is 12.4. The number of anilines is 1. The molecule has 118 valence electrons. The fourth-order valence-corrected chi connectivity index (χ4v) is 3.46. The lowest BCUT2D eigenvalue weighted by Gasteiger charge is -2.34. The van der Waals surface area contributed by atoms with Crippen molar-refractivity contribution >= 4 is 22.4 Å². The lowest BCUT2D eigenvalue weighted by atomic mass is 10.1. The molecule has 0 atom stereocenters. The molecule has 0 saturated carbocycles. The number of carbonyl (C=O) groups is 1. The Bertz CT molecular complexity index is 611. The molecule has 1 amide bonds. The van der Waals surface area contributed by atoms with Crippen LogP contribution in [-0.2, 0) is 11.2 Å². The molecular formula is C15H20N4O2S. The topological polar surface area (TPSA) is 62.5 Å². The van der Waals surface area contributed by atoms with E-state index in [1.54, 1.807) is 11.3 Å². The third-order valence-electron chi connectivity index (χ3n) is 4.09. The summed E-state index contributed by atoms with van der Waals surface area (Å²) in [5.41, 5.74) is 1.95. The first kappa shape index (κ1) is 15.0. The number of rotatable bonds is 4. The number of aryl methyl sites for hydroxylation is 2. The molecule has 22 heavy (non-hydrogen) atoms. The summed E-state index contributed by atoms with van der Waals surface area (Å²) in [6, 6.07) is 0. The van der Waals surface area contributed by atoms with Gasteiger partial charge in [-0.25, -0.2) is 4.98 Å². The summed E-state index contributed by atoms with van der Waals surface area (Å²) in [7, 11) is 0. The van der Waals surface area contributed by atoms with E-state index >= 15 is 0 Å². The Morgan fingerprint density at radius 3 is 2.68 bits per heavy atom. The van der Waals surface area contributed by atoms with Gasteiger partial charge < -0.3 is 14.3 Å². The number of hydrogen-bond donors (Lipinski definition) is 0. The molecular weight excluding hydrogens is 300 g/mol. The van der Waals surface area contributed by atoms with Gasteiger partial charge in [-0.05, 0) is 20.3 Å². The molecule has 2 aromatic rings. The molecule has 6 nitrogen and oxygen atoms in total. The Morgan fingerprint density at radius 1 is 1.32 bits per heavy atom. The first-order valence-electron chi connectivity index (χ1n) is 7.49. The second-order valence-electron chi connectivity index (χ2n) is 5.49. The van der Waals surface area contributed by atoms with Crippen molar-refractivity contribution in [3.8, 4) is 0 Å². The van der Waals surface area contributed by atoms with Crippen LogP contribution in [0.4, 0.5) is 5.13 Å². The van der Waals surface area contributed by atoms with Crippen molar-refractivity contribution in [1.29, 1.82) is 0 Å². The van der Waals surface area contributed by atoms with E-state index in [1.807, 2.05) is 30.3 Å². The summed E-state index contributed by atoms with van der Waals surface area (Å²) >= 11 is 1.64. The van der Waals surface area contributed by atoms with Gasteiger partial charge in [0.15, 0.2) is 5.13 Å². The van der Waals surface area contributed by atoms with E-state index in [-0.39, 0.29) is 5.91 Å². The fourth-order valence-electron chi connectivity index (χ4n) is 2.77. The van der Waals surface area contributed by atoms with Crippen LogP contribution in [0.3, 0.4) is 0 Å². The van der Waals surface area contributed by atoms with Crippen LogP contribution in [0.15, 0.2) is 16.1 Å². The molecule has 0 bridgehead atoms. The van der Waals surface area contributed by atoms with Crippen LogP contribution in [-0.4, -0.2) is 47.1 Å². The van der Waals surface area contributed by atoms with Gasteiger partial charge in [0.2, 0.25) is 5.91 Å². The molecule has 0 N–H and O–H groups in total. The van der Waals surface area contributed by atoms with Crippen LogP contribution in [0.25, 0.3) is 0 Å².